The largest absolute Gasteiger partial charge is 0.497 e. The molecule has 3 rings (SSSR count). The summed E-state index contributed by atoms with van der Waals surface area (Å²) in [5.74, 6) is -0.550. The Labute approximate surface area is 163 Å². The lowest BCUT2D eigenvalue weighted by atomic mass is 10.1. The van der Waals surface area contributed by atoms with Crippen molar-refractivity contribution < 1.29 is 23.9 Å². The molecule has 1 N–H and O–H groups in total. The average molecular weight is 431 g/mol. The first-order valence-electron chi connectivity index (χ1n) is 7.83. The Bertz CT molecular complexity index is 970. The standard InChI is InChI=1S/C19H15BrN2O5/c1-26-14-5-3-4-13(10-14)22-18(24)15(17(23)21-19(22)25)9-11-8-12(20)6-7-16(11)27-2/h3-10H,1-2H3,(H,21,23,25)/b15-9-. The van der Waals surface area contributed by atoms with E-state index in [1.807, 2.05) is 0 Å². The second-order valence-corrected chi connectivity index (χ2v) is 6.46. The van der Waals surface area contributed by atoms with E-state index in [2.05, 4.69) is 21.2 Å². The number of ether oxygens (including phenoxy) is 2. The van der Waals surface area contributed by atoms with Gasteiger partial charge in [-0.15, -0.1) is 0 Å². The minimum atomic E-state index is -0.823. The summed E-state index contributed by atoms with van der Waals surface area (Å²) in [4.78, 5) is 38.3. The quantitative estimate of drug-likeness (QED) is 0.594. The normalized spacial score (nSPS) is 15.7. The van der Waals surface area contributed by atoms with Gasteiger partial charge in [0.25, 0.3) is 11.8 Å². The molecular weight excluding hydrogens is 416 g/mol. The molecule has 7 nitrogen and oxygen atoms in total. The maximum absolute atomic E-state index is 12.9. The van der Waals surface area contributed by atoms with Crippen LogP contribution >= 0.6 is 15.9 Å². The summed E-state index contributed by atoms with van der Waals surface area (Å²) >= 11 is 3.35. The number of halogens is 1. The van der Waals surface area contributed by atoms with Crippen molar-refractivity contribution in [3.05, 3.63) is 58.1 Å². The highest BCUT2D eigenvalue weighted by atomic mass is 79.9. The summed E-state index contributed by atoms with van der Waals surface area (Å²) in [6.45, 7) is 0. The zero-order valence-electron chi connectivity index (χ0n) is 14.5. The van der Waals surface area contributed by atoms with Crippen LogP contribution in [0.15, 0.2) is 52.5 Å². The lowest BCUT2D eigenvalue weighted by Crippen LogP contribution is -2.54. The van der Waals surface area contributed by atoms with Crippen molar-refractivity contribution in [3.63, 3.8) is 0 Å². The van der Waals surface area contributed by atoms with E-state index in [0.717, 1.165) is 9.37 Å². The third-order valence-corrected chi connectivity index (χ3v) is 4.40. The summed E-state index contributed by atoms with van der Waals surface area (Å²) in [5.41, 5.74) is 0.621. The average Bonchev–Trinajstić information content (AvgIpc) is 2.65. The van der Waals surface area contributed by atoms with Crippen LogP contribution in [0.3, 0.4) is 0 Å². The van der Waals surface area contributed by atoms with Gasteiger partial charge in [0.2, 0.25) is 0 Å². The Morgan fingerprint density at radius 1 is 1.04 bits per heavy atom. The minimum absolute atomic E-state index is 0.186. The van der Waals surface area contributed by atoms with Crippen LogP contribution in [0.25, 0.3) is 6.08 Å². The van der Waals surface area contributed by atoms with Gasteiger partial charge in [0, 0.05) is 16.1 Å². The lowest BCUT2D eigenvalue weighted by molar-refractivity contribution is -0.122. The summed E-state index contributed by atoms with van der Waals surface area (Å²) < 4.78 is 11.1. The first kappa shape index (κ1) is 18.7. The topological polar surface area (TPSA) is 84.9 Å². The summed E-state index contributed by atoms with van der Waals surface area (Å²) in [5, 5.41) is 2.18. The molecule has 27 heavy (non-hydrogen) atoms. The molecule has 0 bridgehead atoms. The second kappa shape index (κ2) is 7.63. The number of carbonyl (C=O) groups excluding carboxylic acids is 3. The Morgan fingerprint density at radius 3 is 2.52 bits per heavy atom. The van der Waals surface area contributed by atoms with Gasteiger partial charge in [-0.05, 0) is 36.4 Å². The van der Waals surface area contributed by atoms with E-state index >= 15 is 0 Å². The number of amides is 4. The van der Waals surface area contributed by atoms with Gasteiger partial charge in [0.15, 0.2) is 0 Å². The molecule has 1 aliphatic rings. The van der Waals surface area contributed by atoms with E-state index < -0.39 is 17.8 Å². The molecule has 2 aromatic carbocycles. The van der Waals surface area contributed by atoms with Crippen LogP contribution < -0.4 is 19.7 Å². The van der Waals surface area contributed by atoms with Crippen LogP contribution in [0.5, 0.6) is 11.5 Å². The highest BCUT2D eigenvalue weighted by Gasteiger charge is 2.37. The molecule has 4 amide bonds. The van der Waals surface area contributed by atoms with Crippen molar-refractivity contribution in [1.82, 2.24) is 5.32 Å². The number of carbonyl (C=O) groups is 3. The number of anilines is 1. The van der Waals surface area contributed by atoms with Crippen molar-refractivity contribution in [2.45, 2.75) is 0 Å². The van der Waals surface area contributed by atoms with Crippen LogP contribution in [-0.4, -0.2) is 32.1 Å². The maximum Gasteiger partial charge on any atom is 0.335 e. The maximum atomic E-state index is 12.9. The van der Waals surface area contributed by atoms with Crippen LogP contribution in [-0.2, 0) is 9.59 Å². The Morgan fingerprint density at radius 2 is 1.81 bits per heavy atom. The Hall–Kier alpha value is -3.13. The second-order valence-electron chi connectivity index (χ2n) is 5.55. The number of methoxy groups -OCH3 is 2. The number of hydrogen-bond donors (Lipinski definition) is 1. The zero-order chi connectivity index (χ0) is 19.6. The fourth-order valence-corrected chi connectivity index (χ4v) is 2.99. The molecule has 1 saturated heterocycles. The van der Waals surface area contributed by atoms with Gasteiger partial charge in [-0.2, -0.15) is 0 Å². The van der Waals surface area contributed by atoms with Crippen molar-refractivity contribution >= 4 is 45.5 Å². The Balaban J connectivity index is 2.06. The molecule has 0 aliphatic carbocycles. The predicted octanol–water partition coefficient (Wildman–Crippen LogP) is 3.13. The zero-order valence-corrected chi connectivity index (χ0v) is 16.1. The molecular formula is C19H15BrN2O5. The van der Waals surface area contributed by atoms with Crippen molar-refractivity contribution in [2.75, 3.05) is 19.1 Å². The van der Waals surface area contributed by atoms with E-state index in [1.54, 1.807) is 36.4 Å². The van der Waals surface area contributed by atoms with Crippen molar-refractivity contribution in [1.29, 1.82) is 0 Å². The first-order valence-corrected chi connectivity index (χ1v) is 8.63. The van der Waals surface area contributed by atoms with Gasteiger partial charge in [0.05, 0.1) is 19.9 Å². The molecule has 1 fully saturated rings. The number of nitrogens with one attached hydrogen (secondary N) is 1. The number of nitrogens with zero attached hydrogens (tertiary/aromatic N) is 1. The van der Waals surface area contributed by atoms with Gasteiger partial charge in [0.1, 0.15) is 17.1 Å². The lowest BCUT2D eigenvalue weighted by Gasteiger charge is -2.26. The summed E-state index contributed by atoms with van der Waals surface area (Å²) in [6, 6.07) is 10.8. The van der Waals surface area contributed by atoms with Crippen molar-refractivity contribution in [2.24, 2.45) is 0 Å². The molecule has 1 heterocycles. The van der Waals surface area contributed by atoms with Crippen LogP contribution in [0, 0.1) is 0 Å². The molecule has 138 valence electrons. The molecule has 0 aromatic heterocycles. The van der Waals surface area contributed by atoms with Crippen LogP contribution in [0.2, 0.25) is 0 Å². The number of benzene rings is 2. The van der Waals surface area contributed by atoms with Crippen LogP contribution in [0.4, 0.5) is 10.5 Å². The third-order valence-electron chi connectivity index (χ3n) is 3.90. The number of rotatable bonds is 4. The highest BCUT2D eigenvalue weighted by Crippen LogP contribution is 2.28. The highest BCUT2D eigenvalue weighted by molar-refractivity contribution is 9.10. The van der Waals surface area contributed by atoms with Gasteiger partial charge in [-0.1, -0.05) is 22.0 Å². The van der Waals surface area contributed by atoms with Crippen molar-refractivity contribution in [3.8, 4) is 11.5 Å². The van der Waals surface area contributed by atoms with E-state index in [1.165, 1.54) is 26.4 Å². The molecule has 0 atom stereocenters. The van der Waals surface area contributed by atoms with Gasteiger partial charge in [-0.25, -0.2) is 9.69 Å². The van der Waals surface area contributed by atoms with E-state index in [9.17, 15) is 14.4 Å². The number of urea groups is 1. The Kier molecular flexibility index (Phi) is 5.27. The number of barbiturate groups is 1. The van der Waals surface area contributed by atoms with Gasteiger partial charge < -0.3 is 9.47 Å². The molecule has 0 saturated carbocycles. The van der Waals surface area contributed by atoms with E-state index in [4.69, 9.17) is 9.47 Å². The fraction of sp³-hybridized carbons (Fsp3) is 0.105. The monoisotopic (exact) mass is 430 g/mol. The summed E-state index contributed by atoms with van der Waals surface area (Å²) in [6.07, 6.45) is 1.39. The molecule has 8 heteroatoms. The van der Waals surface area contributed by atoms with E-state index in [0.29, 0.717) is 17.1 Å². The minimum Gasteiger partial charge on any atom is -0.497 e. The smallest absolute Gasteiger partial charge is 0.335 e. The van der Waals surface area contributed by atoms with Crippen LogP contribution in [0.1, 0.15) is 5.56 Å². The molecule has 0 unspecified atom stereocenters. The number of hydrogen-bond acceptors (Lipinski definition) is 5. The van der Waals surface area contributed by atoms with Gasteiger partial charge in [-0.3, -0.25) is 14.9 Å². The number of imide groups is 2. The molecule has 0 spiro atoms. The molecule has 0 radical (unpaired) electrons. The third kappa shape index (κ3) is 3.70. The fourth-order valence-electron chi connectivity index (χ4n) is 2.62. The van der Waals surface area contributed by atoms with Gasteiger partial charge >= 0.3 is 6.03 Å². The molecule has 1 aliphatic heterocycles. The first-order chi connectivity index (χ1) is 12.9. The summed E-state index contributed by atoms with van der Waals surface area (Å²) in [7, 11) is 2.96. The van der Waals surface area contributed by atoms with E-state index in [-0.39, 0.29) is 11.3 Å². The SMILES string of the molecule is COc1cccc(N2C(=O)NC(=O)/C(=C/c3cc(Br)ccc3OC)C2=O)c1. The molecule has 2 aromatic rings. The predicted molar refractivity (Wildman–Crippen MR) is 103 cm³/mol.